The van der Waals surface area contributed by atoms with Gasteiger partial charge in [-0.1, -0.05) is 25.4 Å². The summed E-state index contributed by atoms with van der Waals surface area (Å²) in [6, 6.07) is 4.10. The van der Waals surface area contributed by atoms with Crippen molar-refractivity contribution < 1.29 is 13.2 Å². The molecule has 1 aromatic rings. The molecule has 0 saturated carbocycles. The molecule has 0 saturated heterocycles. The van der Waals surface area contributed by atoms with Crippen LogP contribution in [0.25, 0.3) is 0 Å². The zero-order chi connectivity index (χ0) is 13.9. The molecule has 0 aromatic heterocycles. The number of ether oxygens (including phenoxy) is 1. The van der Waals surface area contributed by atoms with Gasteiger partial charge in [-0.15, -0.1) is 0 Å². The Labute approximate surface area is 113 Å². The lowest BCUT2D eigenvalue weighted by Gasteiger charge is -2.17. The molecule has 1 aromatic carbocycles. The van der Waals surface area contributed by atoms with Crippen LogP contribution in [0.5, 0.6) is 5.75 Å². The first-order valence-corrected chi connectivity index (χ1v) is 7.63. The highest BCUT2D eigenvalue weighted by atomic mass is 35.5. The molecule has 6 heteroatoms. The quantitative estimate of drug-likeness (QED) is 0.902. The summed E-state index contributed by atoms with van der Waals surface area (Å²) in [6.45, 7) is 3.77. The lowest BCUT2D eigenvalue weighted by molar-refractivity contribution is 0.402. The van der Waals surface area contributed by atoms with E-state index in [1.807, 2.05) is 13.8 Å². The molecule has 1 unspecified atom stereocenters. The van der Waals surface area contributed by atoms with Crippen LogP contribution in [0, 0.1) is 5.92 Å². The van der Waals surface area contributed by atoms with Crippen molar-refractivity contribution in [2.45, 2.75) is 24.8 Å². The van der Waals surface area contributed by atoms with Gasteiger partial charge in [0.2, 0.25) is 0 Å². The van der Waals surface area contributed by atoms with Gasteiger partial charge >= 0.3 is 0 Å². The SMILES string of the molecule is COc1ccc(Cl)cc1S(=O)(=O)CC(N)C(C)C. The Hall–Kier alpha value is -0.780. The van der Waals surface area contributed by atoms with Crippen LogP contribution in [-0.2, 0) is 9.84 Å². The van der Waals surface area contributed by atoms with Crippen LogP contribution in [0.4, 0.5) is 0 Å². The Morgan fingerprint density at radius 1 is 1.39 bits per heavy atom. The summed E-state index contributed by atoms with van der Waals surface area (Å²) in [5, 5.41) is 0.354. The predicted octanol–water partition coefficient (Wildman–Crippen LogP) is 2.11. The van der Waals surface area contributed by atoms with Gasteiger partial charge in [-0.25, -0.2) is 8.42 Å². The Bertz CT molecular complexity index is 514. The fraction of sp³-hybridized carbons (Fsp3) is 0.500. The lowest BCUT2D eigenvalue weighted by Crippen LogP contribution is -2.34. The summed E-state index contributed by atoms with van der Waals surface area (Å²) >= 11 is 5.83. The molecular weight excluding hydrogens is 274 g/mol. The van der Waals surface area contributed by atoms with E-state index in [1.54, 1.807) is 6.07 Å². The Kier molecular flexibility index (Phi) is 5.01. The van der Waals surface area contributed by atoms with Crippen molar-refractivity contribution in [3.63, 3.8) is 0 Å². The van der Waals surface area contributed by atoms with Crippen LogP contribution in [0.1, 0.15) is 13.8 Å². The van der Waals surface area contributed by atoms with Gasteiger partial charge in [-0.05, 0) is 24.1 Å². The Morgan fingerprint density at radius 2 is 2.00 bits per heavy atom. The molecule has 2 N–H and O–H groups in total. The minimum Gasteiger partial charge on any atom is -0.495 e. The Morgan fingerprint density at radius 3 is 2.50 bits per heavy atom. The largest absolute Gasteiger partial charge is 0.495 e. The summed E-state index contributed by atoms with van der Waals surface area (Å²) < 4.78 is 29.6. The van der Waals surface area contributed by atoms with Crippen LogP contribution in [0.2, 0.25) is 5.02 Å². The third kappa shape index (κ3) is 3.60. The average Bonchev–Trinajstić information content (AvgIpc) is 2.28. The maximum atomic E-state index is 12.3. The summed E-state index contributed by atoms with van der Waals surface area (Å²) in [7, 11) is -2.08. The second-order valence-electron chi connectivity index (χ2n) is 4.48. The zero-order valence-corrected chi connectivity index (χ0v) is 12.3. The highest BCUT2D eigenvalue weighted by molar-refractivity contribution is 7.91. The van der Waals surface area contributed by atoms with Crippen molar-refractivity contribution in [2.75, 3.05) is 12.9 Å². The average molecular weight is 292 g/mol. The van der Waals surface area contributed by atoms with Gasteiger partial charge in [0.05, 0.1) is 12.9 Å². The van der Waals surface area contributed by atoms with Crippen molar-refractivity contribution in [1.29, 1.82) is 0 Å². The molecule has 0 bridgehead atoms. The van der Waals surface area contributed by atoms with Gasteiger partial charge in [-0.3, -0.25) is 0 Å². The molecule has 1 rings (SSSR count). The summed E-state index contributed by atoms with van der Waals surface area (Å²) in [6.07, 6.45) is 0. The third-order valence-corrected chi connectivity index (χ3v) is 4.78. The molecule has 0 fully saturated rings. The van der Waals surface area contributed by atoms with Crippen molar-refractivity contribution in [3.05, 3.63) is 23.2 Å². The lowest BCUT2D eigenvalue weighted by atomic mass is 10.1. The number of halogens is 1. The van der Waals surface area contributed by atoms with E-state index < -0.39 is 15.9 Å². The van der Waals surface area contributed by atoms with E-state index in [4.69, 9.17) is 22.1 Å². The predicted molar refractivity (Wildman–Crippen MR) is 72.9 cm³/mol. The maximum Gasteiger partial charge on any atom is 0.183 e. The number of hydrogen-bond donors (Lipinski definition) is 1. The highest BCUT2D eigenvalue weighted by Gasteiger charge is 2.24. The van der Waals surface area contributed by atoms with E-state index in [0.717, 1.165) is 0 Å². The Balaban J connectivity index is 3.15. The monoisotopic (exact) mass is 291 g/mol. The fourth-order valence-electron chi connectivity index (χ4n) is 1.43. The molecule has 1 atom stereocenters. The van der Waals surface area contributed by atoms with Crippen molar-refractivity contribution >= 4 is 21.4 Å². The van der Waals surface area contributed by atoms with Crippen LogP contribution in [0.15, 0.2) is 23.1 Å². The first-order valence-electron chi connectivity index (χ1n) is 5.60. The topological polar surface area (TPSA) is 69.4 Å². The smallest absolute Gasteiger partial charge is 0.183 e. The minimum atomic E-state index is -3.50. The zero-order valence-electron chi connectivity index (χ0n) is 10.7. The van der Waals surface area contributed by atoms with Gasteiger partial charge in [0.1, 0.15) is 10.6 Å². The number of nitrogens with two attached hydrogens (primary N) is 1. The maximum absolute atomic E-state index is 12.3. The van der Waals surface area contributed by atoms with E-state index >= 15 is 0 Å². The molecule has 0 aliphatic carbocycles. The van der Waals surface area contributed by atoms with E-state index in [0.29, 0.717) is 5.02 Å². The number of hydrogen-bond acceptors (Lipinski definition) is 4. The van der Waals surface area contributed by atoms with Gasteiger partial charge < -0.3 is 10.5 Å². The molecule has 0 spiro atoms. The molecule has 0 amide bonds. The van der Waals surface area contributed by atoms with E-state index in [-0.39, 0.29) is 22.3 Å². The molecule has 102 valence electrons. The summed E-state index contributed by atoms with van der Waals surface area (Å²) in [5.74, 6) is 0.252. The second-order valence-corrected chi connectivity index (χ2v) is 6.92. The van der Waals surface area contributed by atoms with E-state index in [1.165, 1.54) is 19.2 Å². The van der Waals surface area contributed by atoms with Crippen molar-refractivity contribution in [1.82, 2.24) is 0 Å². The number of sulfone groups is 1. The third-order valence-electron chi connectivity index (χ3n) is 2.73. The standard InChI is InChI=1S/C12H18ClNO3S/c1-8(2)10(14)7-18(15,16)12-6-9(13)4-5-11(12)17-3/h4-6,8,10H,7,14H2,1-3H3. The second kappa shape index (κ2) is 5.91. The molecule has 18 heavy (non-hydrogen) atoms. The van der Waals surface area contributed by atoms with Gasteiger partial charge in [0.15, 0.2) is 9.84 Å². The number of benzene rings is 1. The molecular formula is C12H18ClNO3S. The number of rotatable bonds is 5. The van der Waals surface area contributed by atoms with Crippen molar-refractivity contribution in [2.24, 2.45) is 11.7 Å². The summed E-state index contributed by atoms with van der Waals surface area (Å²) in [4.78, 5) is 0.0913. The minimum absolute atomic E-state index is 0.0879. The first-order chi connectivity index (χ1) is 8.27. The molecule has 0 heterocycles. The van der Waals surface area contributed by atoms with E-state index in [2.05, 4.69) is 0 Å². The normalized spacial score (nSPS) is 13.7. The number of methoxy groups -OCH3 is 1. The van der Waals surface area contributed by atoms with Crippen LogP contribution < -0.4 is 10.5 Å². The van der Waals surface area contributed by atoms with Crippen LogP contribution in [-0.4, -0.2) is 27.3 Å². The van der Waals surface area contributed by atoms with Gasteiger partial charge in [0, 0.05) is 11.1 Å². The van der Waals surface area contributed by atoms with Crippen molar-refractivity contribution in [3.8, 4) is 5.75 Å². The molecule has 0 aliphatic heterocycles. The fourth-order valence-corrected chi connectivity index (χ4v) is 3.50. The summed E-state index contributed by atoms with van der Waals surface area (Å²) in [5.41, 5.74) is 5.82. The highest BCUT2D eigenvalue weighted by Crippen LogP contribution is 2.28. The first kappa shape index (κ1) is 15.3. The molecule has 0 radical (unpaired) electrons. The molecule has 0 aliphatic rings. The van der Waals surface area contributed by atoms with E-state index in [9.17, 15) is 8.42 Å². The molecule has 4 nitrogen and oxygen atoms in total. The van der Waals surface area contributed by atoms with Crippen LogP contribution in [0.3, 0.4) is 0 Å². The van der Waals surface area contributed by atoms with Gasteiger partial charge in [-0.2, -0.15) is 0 Å². The van der Waals surface area contributed by atoms with Gasteiger partial charge in [0.25, 0.3) is 0 Å². The van der Waals surface area contributed by atoms with Crippen LogP contribution >= 0.6 is 11.6 Å².